The molecule has 1 heterocycles. The standard InChI is InChI=1S/C31H27F8NO5S2/c1-19-2-8-23(9-3-19)46(42,43)17-14-27(41)40-16-15-28(47(44,45)24-10-6-22(32)7-11-24)25-12-5-21(18-20(25)4-13-26(28)40)29(33,30(34,35)36)31(37,38)39/h2-3,5-12,18,26H,4,13-17H2,1H3/t26-,28-/m1/s1. The molecule has 1 amide bonds. The molecule has 0 saturated carbocycles. The highest BCUT2D eigenvalue weighted by Crippen LogP contribution is 2.56. The van der Waals surface area contributed by atoms with E-state index in [0.717, 1.165) is 34.7 Å². The van der Waals surface area contributed by atoms with Crippen LogP contribution >= 0.6 is 0 Å². The van der Waals surface area contributed by atoms with Gasteiger partial charge in [-0.1, -0.05) is 35.9 Å². The van der Waals surface area contributed by atoms with Gasteiger partial charge in [0.2, 0.25) is 5.91 Å². The number of hydrogen-bond donors (Lipinski definition) is 0. The van der Waals surface area contributed by atoms with Gasteiger partial charge in [-0.05, 0) is 73.7 Å². The fourth-order valence-corrected chi connectivity index (χ4v) is 10.2. The summed E-state index contributed by atoms with van der Waals surface area (Å²) >= 11 is 0. The van der Waals surface area contributed by atoms with E-state index in [0.29, 0.717) is 12.1 Å². The number of fused-ring (bicyclic) bond motifs is 3. The largest absolute Gasteiger partial charge is 0.435 e. The predicted molar refractivity (Wildman–Crippen MR) is 153 cm³/mol. The van der Waals surface area contributed by atoms with Crippen LogP contribution in [0.25, 0.3) is 0 Å². The average Bonchev–Trinajstić information content (AvgIpc) is 3.40. The average molecular weight is 710 g/mol. The van der Waals surface area contributed by atoms with Crippen LogP contribution < -0.4 is 0 Å². The highest BCUT2D eigenvalue weighted by molar-refractivity contribution is 7.92. The summed E-state index contributed by atoms with van der Waals surface area (Å²) < 4.78 is 163. The molecule has 1 aliphatic carbocycles. The van der Waals surface area contributed by atoms with Crippen molar-refractivity contribution in [2.45, 2.75) is 71.2 Å². The molecule has 3 aromatic carbocycles. The maximum absolute atomic E-state index is 15.0. The summed E-state index contributed by atoms with van der Waals surface area (Å²) in [4.78, 5) is 14.2. The molecule has 0 radical (unpaired) electrons. The maximum Gasteiger partial charge on any atom is 0.435 e. The summed E-state index contributed by atoms with van der Waals surface area (Å²) in [6.07, 6.45) is -14.3. The third-order valence-electron chi connectivity index (χ3n) is 8.95. The zero-order valence-electron chi connectivity index (χ0n) is 24.5. The summed E-state index contributed by atoms with van der Waals surface area (Å²) in [5.41, 5.74) is -7.26. The number of rotatable bonds is 7. The van der Waals surface area contributed by atoms with E-state index >= 15 is 0 Å². The normalized spacial score (nSPS) is 20.5. The summed E-state index contributed by atoms with van der Waals surface area (Å²) in [7, 11) is -8.60. The van der Waals surface area contributed by atoms with Gasteiger partial charge in [0.1, 0.15) is 10.6 Å². The Morgan fingerprint density at radius 3 is 2.00 bits per heavy atom. The number of amides is 1. The molecule has 1 saturated heterocycles. The van der Waals surface area contributed by atoms with E-state index in [1.165, 1.54) is 12.1 Å². The van der Waals surface area contributed by atoms with E-state index in [4.69, 9.17) is 0 Å². The van der Waals surface area contributed by atoms with Crippen LogP contribution in [0.15, 0.2) is 76.5 Å². The minimum atomic E-state index is -6.40. The fourth-order valence-electron chi connectivity index (χ4n) is 6.58. The van der Waals surface area contributed by atoms with Gasteiger partial charge in [-0.3, -0.25) is 4.79 Å². The first-order valence-corrected chi connectivity index (χ1v) is 17.4. The molecule has 254 valence electrons. The first-order valence-electron chi connectivity index (χ1n) is 14.2. The number of halogens is 8. The van der Waals surface area contributed by atoms with Crippen molar-refractivity contribution in [3.63, 3.8) is 0 Å². The minimum absolute atomic E-state index is 0.0328. The van der Waals surface area contributed by atoms with Crippen molar-refractivity contribution in [2.75, 3.05) is 12.3 Å². The van der Waals surface area contributed by atoms with Crippen molar-refractivity contribution in [1.29, 1.82) is 0 Å². The van der Waals surface area contributed by atoms with E-state index < -0.39 is 82.8 Å². The van der Waals surface area contributed by atoms with Crippen LogP contribution in [0.2, 0.25) is 0 Å². The van der Waals surface area contributed by atoms with Gasteiger partial charge < -0.3 is 4.90 Å². The Kier molecular flexibility index (Phi) is 8.56. The molecular weight excluding hydrogens is 682 g/mol. The van der Waals surface area contributed by atoms with Gasteiger partial charge in [-0.25, -0.2) is 25.6 Å². The second-order valence-electron chi connectivity index (χ2n) is 11.6. The molecule has 2 atom stereocenters. The van der Waals surface area contributed by atoms with E-state index in [1.807, 2.05) is 0 Å². The molecule has 3 aromatic rings. The number of sulfone groups is 2. The number of hydrogen-bond acceptors (Lipinski definition) is 5. The van der Waals surface area contributed by atoms with Crippen LogP contribution in [0.3, 0.4) is 0 Å². The molecule has 47 heavy (non-hydrogen) atoms. The van der Waals surface area contributed by atoms with Crippen molar-refractivity contribution >= 4 is 25.6 Å². The minimum Gasteiger partial charge on any atom is -0.338 e. The van der Waals surface area contributed by atoms with E-state index in [9.17, 15) is 56.8 Å². The number of benzene rings is 3. The van der Waals surface area contributed by atoms with Gasteiger partial charge in [-0.2, -0.15) is 26.3 Å². The smallest absolute Gasteiger partial charge is 0.338 e. The molecule has 5 rings (SSSR count). The quantitative estimate of drug-likeness (QED) is 0.207. The number of carbonyl (C=O) groups excluding carboxylic acids is 1. The molecule has 0 unspecified atom stereocenters. The second kappa shape index (κ2) is 11.6. The number of aryl methyl sites for hydroxylation is 2. The van der Waals surface area contributed by atoms with Gasteiger partial charge in [0, 0.05) is 18.5 Å². The van der Waals surface area contributed by atoms with Crippen molar-refractivity contribution in [1.82, 2.24) is 4.90 Å². The lowest BCUT2D eigenvalue weighted by atomic mass is 9.76. The molecule has 0 N–H and O–H groups in total. The van der Waals surface area contributed by atoms with E-state index in [2.05, 4.69) is 0 Å². The number of carbonyl (C=O) groups is 1. The lowest BCUT2D eigenvalue weighted by Gasteiger charge is -2.43. The Bertz CT molecular complexity index is 1890. The van der Waals surface area contributed by atoms with E-state index in [1.54, 1.807) is 19.1 Å². The molecule has 6 nitrogen and oxygen atoms in total. The first kappa shape index (κ1) is 34.8. The molecule has 2 aliphatic rings. The monoisotopic (exact) mass is 709 g/mol. The molecular formula is C31H27F8NO5S2. The zero-order chi connectivity index (χ0) is 34.8. The Morgan fingerprint density at radius 1 is 0.851 bits per heavy atom. The third kappa shape index (κ3) is 5.60. The highest BCUT2D eigenvalue weighted by atomic mass is 32.2. The van der Waals surface area contributed by atoms with E-state index in [-0.39, 0.29) is 47.9 Å². The molecule has 16 heteroatoms. The van der Waals surface area contributed by atoms with Crippen LogP contribution in [-0.2, 0) is 41.3 Å². The Balaban J connectivity index is 1.58. The number of alkyl halides is 7. The topological polar surface area (TPSA) is 88.6 Å². The Hall–Kier alpha value is -3.53. The predicted octanol–water partition coefficient (Wildman–Crippen LogP) is 6.50. The molecule has 0 aromatic heterocycles. The van der Waals surface area contributed by atoms with Crippen molar-refractivity contribution < 1.29 is 56.8 Å². The van der Waals surface area contributed by atoms with Gasteiger partial charge in [-0.15, -0.1) is 0 Å². The lowest BCUT2D eigenvalue weighted by molar-refractivity contribution is -0.348. The third-order valence-corrected chi connectivity index (χ3v) is 13.2. The molecule has 1 fully saturated rings. The zero-order valence-corrected chi connectivity index (χ0v) is 26.1. The van der Waals surface area contributed by atoms with Gasteiger partial charge >= 0.3 is 18.0 Å². The molecule has 0 spiro atoms. The van der Waals surface area contributed by atoms with Crippen LogP contribution in [-0.4, -0.2) is 58.3 Å². The van der Waals surface area contributed by atoms with Crippen LogP contribution in [0, 0.1) is 12.7 Å². The first-order chi connectivity index (χ1) is 21.7. The van der Waals surface area contributed by atoms with Crippen molar-refractivity contribution in [2.24, 2.45) is 0 Å². The number of likely N-dealkylation sites (tertiary alicyclic amines) is 1. The molecule has 0 bridgehead atoms. The maximum atomic E-state index is 15.0. The fraction of sp³-hybridized carbons (Fsp3) is 0.387. The number of nitrogens with zero attached hydrogens (tertiary/aromatic N) is 1. The highest BCUT2D eigenvalue weighted by Gasteiger charge is 2.73. The van der Waals surface area contributed by atoms with Crippen molar-refractivity contribution in [3.05, 3.63) is 94.8 Å². The van der Waals surface area contributed by atoms with Crippen LogP contribution in [0.1, 0.15) is 41.5 Å². The summed E-state index contributed by atoms with van der Waals surface area (Å²) in [5, 5.41) is 0. The summed E-state index contributed by atoms with van der Waals surface area (Å²) in [5.74, 6) is -2.15. The van der Waals surface area contributed by atoms with Gasteiger partial charge in [0.15, 0.2) is 19.7 Å². The lowest BCUT2D eigenvalue weighted by Crippen LogP contribution is -2.53. The Labute approximate surface area is 265 Å². The second-order valence-corrected chi connectivity index (χ2v) is 16.0. The SMILES string of the molecule is Cc1ccc(S(=O)(=O)CCC(=O)N2CC[C@@]3(S(=O)(=O)c4ccc(F)cc4)c4ccc(C(F)(C(F)(F)F)C(F)(F)F)cc4CC[C@@H]23)cc1. The summed E-state index contributed by atoms with van der Waals surface area (Å²) in [6, 6.07) is 9.56. The van der Waals surface area contributed by atoms with Crippen LogP contribution in [0.5, 0.6) is 0 Å². The van der Waals surface area contributed by atoms with Gasteiger partial charge in [0.25, 0.3) is 0 Å². The van der Waals surface area contributed by atoms with Gasteiger partial charge in [0.05, 0.1) is 21.6 Å². The molecule has 1 aliphatic heterocycles. The summed E-state index contributed by atoms with van der Waals surface area (Å²) in [6.45, 7) is 1.50. The van der Waals surface area contributed by atoms with Crippen LogP contribution in [0.4, 0.5) is 35.1 Å². The Morgan fingerprint density at radius 2 is 1.43 bits per heavy atom. The van der Waals surface area contributed by atoms with Crippen molar-refractivity contribution in [3.8, 4) is 0 Å².